The summed E-state index contributed by atoms with van der Waals surface area (Å²) in [5.41, 5.74) is 0. The fourth-order valence-electron chi connectivity index (χ4n) is 1.32. The topological polar surface area (TPSA) is 57.5 Å². The first-order valence-corrected chi connectivity index (χ1v) is 3.27. The maximum Gasteiger partial charge on any atom is 0.309 e. The van der Waals surface area contributed by atoms with Gasteiger partial charge in [-0.2, -0.15) is 0 Å². The molecular weight excluding hydrogens is 131 g/mol. The summed E-state index contributed by atoms with van der Waals surface area (Å²) >= 11 is 0. The molecule has 3 atom stereocenters. The minimum absolute atomic E-state index is 0.143. The maximum atomic E-state index is 10.3. The molecule has 0 bridgehead atoms. The lowest BCUT2D eigenvalue weighted by atomic mass is 9.85. The van der Waals surface area contributed by atoms with E-state index >= 15 is 0 Å². The molecule has 4 heteroatoms. The summed E-state index contributed by atoms with van der Waals surface area (Å²) in [5, 5.41) is 17.6. The van der Waals surface area contributed by atoms with Crippen LogP contribution in [0.25, 0.3) is 0 Å². The third-order valence-corrected chi connectivity index (χ3v) is 1.88. The highest BCUT2D eigenvalue weighted by molar-refractivity contribution is 6.12. The maximum absolute atomic E-state index is 10.3. The molecule has 1 rings (SSSR count). The van der Waals surface area contributed by atoms with Gasteiger partial charge in [-0.05, 0) is 12.8 Å². The molecule has 0 saturated heterocycles. The summed E-state index contributed by atoms with van der Waals surface area (Å²) in [6.45, 7) is 0. The molecule has 2 N–H and O–H groups in total. The highest BCUT2D eigenvalue weighted by Crippen LogP contribution is 2.33. The second kappa shape index (κ2) is 2.62. The van der Waals surface area contributed by atoms with Crippen LogP contribution in [0.4, 0.5) is 0 Å². The fourth-order valence-corrected chi connectivity index (χ4v) is 1.32. The van der Waals surface area contributed by atoms with Crippen molar-refractivity contribution in [3.63, 3.8) is 0 Å². The van der Waals surface area contributed by atoms with E-state index in [0.29, 0.717) is 12.8 Å². The van der Waals surface area contributed by atoms with Crippen molar-refractivity contribution >= 4 is 13.8 Å². The monoisotopic (exact) mass is 140 g/mol. The first kappa shape index (κ1) is 7.60. The average molecular weight is 140 g/mol. The van der Waals surface area contributed by atoms with Crippen LogP contribution in [0, 0.1) is 5.92 Å². The van der Waals surface area contributed by atoms with Gasteiger partial charge in [0.25, 0.3) is 0 Å². The number of hydrogen-bond acceptors (Lipinski definition) is 2. The van der Waals surface area contributed by atoms with E-state index in [1.165, 1.54) is 0 Å². The number of rotatable bonds is 1. The van der Waals surface area contributed by atoms with Crippen molar-refractivity contribution in [1.82, 2.24) is 0 Å². The summed E-state index contributed by atoms with van der Waals surface area (Å²) in [6.07, 6.45) is 0.0699. The van der Waals surface area contributed by atoms with Crippen LogP contribution in [0.5, 0.6) is 0 Å². The second-order valence-electron chi connectivity index (χ2n) is 2.74. The van der Waals surface area contributed by atoms with Gasteiger partial charge in [0.15, 0.2) is 0 Å². The van der Waals surface area contributed by atoms with E-state index in [9.17, 15) is 4.79 Å². The van der Waals surface area contributed by atoms with E-state index in [0.717, 1.165) is 0 Å². The van der Waals surface area contributed by atoms with Crippen molar-refractivity contribution < 1.29 is 15.0 Å². The van der Waals surface area contributed by atoms with Crippen molar-refractivity contribution in [1.29, 1.82) is 0 Å². The molecule has 0 aromatic carbocycles. The van der Waals surface area contributed by atoms with E-state index in [4.69, 9.17) is 18.1 Å². The molecule has 0 aromatic heterocycles. The first-order valence-electron chi connectivity index (χ1n) is 3.27. The van der Waals surface area contributed by atoms with Crippen molar-refractivity contribution in [2.24, 2.45) is 5.92 Å². The smallest absolute Gasteiger partial charge is 0.309 e. The Balaban J connectivity index is 2.54. The molecule has 3 unspecified atom stereocenters. The number of aliphatic hydroxyl groups excluding tert-OH is 1. The Morgan fingerprint density at radius 2 is 2.10 bits per heavy atom. The summed E-state index contributed by atoms with van der Waals surface area (Å²) in [6, 6.07) is 0. The molecule has 0 heterocycles. The van der Waals surface area contributed by atoms with Crippen molar-refractivity contribution in [3.05, 3.63) is 0 Å². The van der Waals surface area contributed by atoms with Crippen LogP contribution < -0.4 is 0 Å². The van der Waals surface area contributed by atoms with Crippen molar-refractivity contribution in [3.8, 4) is 0 Å². The van der Waals surface area contributed by atoms with Gasteiger partial charge < -0.3 is 10.2 Å². The number of hydrogen-bond donors (Lipinski definition) is 2. The summed E-state index contributed by atoms with van der Waals surface area (Å²) in [7, 11) is 5.43. The van der Waals surface area contributed by atoms with Crippen LogP contribution in [-0.2, 0) is 4.79 Å². The molecular formula is C6H9BO3. The minimum atomic E-state index is -0.944. The zero-order valence-electron chi connectivity index (χ0n) is 5.53. The lowest BCUT2D eigenvalue weighted by Crippen LogP contribution is -2.21. The summed E-state index contributed by atoms with van der Waals surface area (Å²) in [4.78, 5) is 10.3. The zero-order chi connectivity index (χ0) is 7.72. The molecule has 0 spiro atoms. The van der Waals surface area contributed by atoms with Crippen LogP contribution in [0.1, 0.15) is 12.8 Å². The van der Waals surface area contributed by atoms with E-state index in [1.54, 1.807) is 0 Å². The van der Waals surface area contributed by atoms with Gasteiger partial charge in [-0.1, -0.05) is 5.82 Å². The summed E-state index contributed by atoms with van der Waals surface area (Å²) < 4.78 is 0. The van der Waals surface area contributed by atoms with Crippen molar-refractivity contribution in [2.45, 2.75) is 24.8 Å². The lowest BCUT2D eigenvalue weighted by Gasteiger charge is -2.06. The number of aliphatic carboxylic acids is 1. The Labute approximate surface area is 60.5 Å². The quantitative estimate of drug-likeness (QED) is 0.495. The van der Waals surface area contributed by atoms with Crippen LogP contribution in [-0.4, -0.2) is 30.1 Å². The minimum Gasteiger partial charge on any atom is -0.481 e. The zero-order valence-corrected chi connectivity index (χ0v) is 5.53. The normalized spacial score (nSPS) is 39.9. The van der Waals surface area contributed by atoms with Gasteiger partial charge >= 0.3 is 5.97 Å². The molecule has 2 radical (unpaired) electrons. The van der Waals surface area contributed by atoms with Crippen LogP contribution >= 0.6 is 0 Å². The molecule has 1 aliphatic rings. The van der Waals surface area contributed by atoms with Gasteiger partial charge in [-0.3, -0.25) is 4.79 Å². The largest absolute Gasteiger partial charge is 0.481 e. The molecule has 1 fully saturated rings. The van der Waals surface area contributed by atoms with E-state index in [-0.39, 0.29) is 5.82 Å². The van der Waals surface area contributed by atoms with Crippen LogP contribution in [0.2, 0.25) is 5.82 Å². The molecule has 0 aliphatic heterocycles. The van der Waals surface area contributed by atoms with Gasteiger partial charge in [0, 0.05) is 0 Å². The molecule has 0 aromatic rings. The number of carbonyl (C=O) groups is 1. The Bertz CT molecular complexity index is 148. The Morgan fingerprint density at radius 1 is 1.50 bits per heavy atom. The average Bonchev–Trinajstić information content (AvgIpc) is 2.10. The molecule has 54 valence electrons. The predicted molar refractivity (Wildman–Crippen MR) is 35.9 cm³/mol. The molecule has 3 nitrogen and oxygen atoms in total. The van der Waals surface area contributed by atoms with E-state index < -0.39 is 18.0 Å². The highest BCUT2D eigenvalue weighted by atomic mass is 16.4. The van der Waals surface area contributed by atoms with Crippen LogP contribution in [0.15, 0.2) is 0 Å². The third-order valence-electron chi connectivity index (χ3n) is 1.88. The van der Waals surface area contributed by atoms with Gasteiger partial charge in [-0.25, -0.2) is 0 Å². The molecule has 1 saturated carbocycles. The van der Waals surface area contributed by atoms with Crippen LogP contribution in [0.3, 0.4) is 0 Å². The van der Waals surface area contributed by atoms with E-state index in [2.05, 4.69) is 0 Å². The second-order valence-corrected chi connectivity index (χ2v) is 2.74. The van der Waals surface area contributed by atoms with Gasteiger partial charge in [0.2, 0.25) is 0 Å². The lowest BCUT2D eigenvalue weighted by molar-refractivity contribution is -0.144. The third kappa shape index (κ3) is 1.32. The molecule has 10 heavy (non-hydrogen) atoms. The van der Waals surface area contributed by atoms with Gasteiger partial charge in [0.1, 0.15) is 0 Å². The van der Waals surface area contributed by atoms with Gasteiger partial charge in [0.05, 0.1) is 19.9 Å². The number of aliphatic hydroxyl groups is 1. The fraction of sp³-hybridized carbons (Fsp3) is 0.833. The Hall–Kier alpha value is -0.505. The SMILES string of the molecule is [B]C1CC(O)C(C(=O)O)C1. The summed E-state index contributed by atoms with van der Waals surface area (Å²) in [5.74, 6) is -1.73. The standard InChI is InChI=1S/C6H9BO3/c7-3-1-4(6(9)10)5(8)2-3/h3-5,8H,1-2H2,(H,9,10). The number of carboxylic acids is 1. The van der Waals surface area contributed by atoms with Gasteiger partial charge in [-0.15, -0.1) is 0 Å². The predicted octanol–water partition coefficient (Wildman–Crippen LogP) is -0.201. The van der Waals surface area contributed by atoms with E-state index in [1.807, 2.05) is 0 Å². The first-order chi connectivity index (χ1) is 4.61. The highest BCUT2D eigenvalue weighted by Gasteiger charge is 2.34. The molecule has 1 aliphatic carbocycles. The Kier molecular flexibility index (Phi) is 1.99. The Morgan fingerprint density at radius 3 is 2.30 bits per heavy atom. The van der Waals surface area contributed by atoms with Crippen molar-refractivity contribution in [2.75, 3.05) is 0 Å². The molecule has 0 amide bonds. The number of carboxylic acid groups (broad SMARTS) is 1.